The molecule has 2 fully saturated rings. The van der Waals surface area contributed by atoms with Gasteiger partial charge in [0.05, 0.1) is 5.75 Å². The summed E-state index contributed by atoms with van der Waals surface area (Å²) in [7, 11) is -3.25. The van der Waals surface area contributed by atoms with Crippen LogP contribution in [0.3, 0.4) is 0 Å². The number of rotatable bonds is 5. The molecule has 26 heavy (non-hydrogen) atoms. The molecular weight excluding hydrogens is 348 g/mol. The Morgan fingerprint density at radius 2 is 1.54 bits per heavy atom. The number of carbonyl (C=O) groups is 1. The number of amides is 1. The van der Waals surface area contributed by atoms with Crippen molar-refractivity contribution in [2.24, 2.45) is 5.92 Å². The van der Waals surface area contributed by atoms with Crippen LogP contribution in [0.2, 0.25) is 0 Å². The molecule has 5 nitrogen and oxygen atoms in total. The zero-order chi connectivity index (χ0) is 18.4. The molecule has 2 saturated heterocycles. The topological polar surface area (TPSA) is 57.7 Å². The van der Waals surface area contributed by atoms with Gasteiger partial charge >= 0.3 is 0 Å². The Hall–Kier alpha value is -1.40. The largest absolute Gasteiger partial charge is 0.342 e. The minimum Gasteiger partial charge on any atom is -0.342 e. The molecule has 144 valence electrons. The van der Waals surface area contributed by atoms with Crippen molar-refractivity contribution in [1.82, 2.24) is 9.21 Å². The first-order valence-electron chi connectivity index (χ1n) is 9.87. The molecule has 0 aliphatic carbocycles. The van der Waals surface area contributed by atoms with Gasteiger partial charge in [0.2, 0.25) is 15.9 Å². The maximum absolute atomic E-state index is 12.7. The van der Waals surface area contributed by atoms with Crippen LogP contribution in [-0.2, 0) is 21.2 Å². The zero-order valence-electron chi connectivity index (χ0n) is 15.5. The molecule has 0 saturated carbocycles. The molecule has 0 aromatic heterocycles. The monoisotopic (exact) mass is 378 g/mol. The molecule has 0 spiro atoms. The molecule has 2 aliphatic rings. The maximum atomic E-state index is 12.7. The molecule has 2 heterocycles. The van der Waals surface area contributed by atoms with Crippen LogP contribution in [0.4, 0.5) is 0 Å². The summed E-state index contributed by atoms with van der Waals surface area (Å²) in [5, 5.41) is 0. The highest BCUT2D eigenvalue weighted by Gasteiger charge is 2.32. The van der Waals surface area contributed by atoms with E-state index in [9.17, 15) is 13.2 Å². The van der Waals surface area contributed by atoms with E-state index in [2.05, 4.69) is 0 Å². The minimum absolute atomic E-state index is 0.00586. The summed E-state index contributed by atoms with van der Waals surface area (Å²) in [6.07, 6.45) is 6.45. The van der Waals surface area contributed by atoms with Crippen molar-refractivity contribution in [2.45, 2.75) is 44.9 Å². The molecule has 0 unspecified atom stereocenters. The van der Waals surface area contributed by atoms with Crippen molar-refractivity contribution in [2.75, 3.05) is 31.9 Å². The molecule has 0 bridgehead atoms. The van der Waals surface area contributed by atoms with E-state index < -0.39 is 10.0 Å². The average molecular weight is 379 g/mol. The number of hydrogen-bond acceptors (Lipinski definition) is 3. The van der Waals surface area contributed by atoms with Gasteiger partial charge < -0.3 is 4.90 Å². The fourth-order valence-corrected chi connectivity index (χ4v) is 5.47. The van der Waals surface area contributed by atoms with Crippen molar-refractivity contribution < 1.29 is 13.2 Å². The van der Waals surface area contributed by atoms with Crippen molar-refractivity contribution in [3.8, 4) is 0 Å². The van der Waals surface area contributed by atoms with Crippen LogP contribution < -0.4 is 0 Å². The summed E-state index contributed by atoms with van der Waals surface area (Å²) in [5.41, 5.74) is 1.04. The number of sulfonamides is 1. The normalized spacial score (nSPS) is 20.7. The highest BCUT2D eigenvalue weighted by atomic mass is 32.2. The van der Waals surface area contributed by atoms with Crippen LogP contribution in [-0.4, -0.2) is 55.5 Å². The van der Waals surface area contributed by atoms with Crippen LogP contribution in [0.25, 0.3) is 0 Å². The van der Waals surface area contributed by atoms with Gasteiger partial charge in [0, 0.05) is 32.1 Å². The Morgan fingerprint density at radius 1 is 0.923 bits per heavy atom. The number of carbonyl (C=O) groups excluding carboxylic acids is 1. The van der Waals surface area contributed by atoms with Crippen molar-refractivity contribution >= 4 is 15.9 Å². The van der Waals surface area contributed by atoms with Crippen molar-refractivity contribution in [1.29, 1.82) is 0 Å². The van der Waals surface area contributed by atoms with Gasteiger partial charge in [0.25, 0.3) is 0 Å². The fraction of sp³-hybridized carbons (Fsp3) is 0.650. The van der Waals surface area contributed by atoms with Gasteiger partial charge in [-0.1, -0.05) is 43.2 Å². The third-order valence-electron chi connectivity index (χ3n) is 5.61. The first-order valence-corrected chi connectivity index (χ1v) is 11.5. The lowest BCUT2D eigenvalue weighted by Crippen LogP contribution is -2.45. The Kier molecular flexibility index (Phi) is 6.70. The van der Waals surface area contributed by atoms with Crippen LogP contribution in [0.15, 0.2) is 30.3 Å². The van der Waals surface area contributed by atoms with E-state index >= 15 is 0 Å². The quantitative estimate of drug-likeness (QED) is 0.791. The van der Waals surface area contributed by atoms with Crippen molar-refractivity contribution in [3.05, 3.63) is 35.9 Å². The molecule has 2 aliphatic heterocycles. The van der Waals surface area contributed by atoms with E-state index in [1.807, 2.05) is 35.2 Å². The zero-order valence-corrected chi connectivity index (χ0v) is 16.3. The Labute approximate surface area is 157 Å². The lowest BCUT2D eigenvalue weighted by molar-refractivity contribution is -0.136. The SMILES string of the molecule is O=C(C1CCN(S(=O)(=O)CCc2ccccc2)CC1)N1CCCCCC1. The molecule has 3 rings (SSSR count). The second-order valence-corrected chi connectivity index (χ2v) is 9.55. The number of likely N-dealkylation sites (tertiary alicyclic amines) is 1. The van der Waals surface area contributed by atoms with Crippen molar-refractivity contribution in [3.63, 3.8) is 0 Å². The third-order valence-corrected chi connectivity index (χ3v) is 7.48. The van der Waals surface area contributed by atoms with Gasteiger partial charge in [-0.05, 0) is 37.7 Å². The van der Waals surface area contributed by atoms with Gasteiger partial charge in [-0.15, -0.1) is 0 Å². The summed E-state index contributed by atoms with van der Waals surface area (Å²) in [6, 6.07) is 9.72. The van der Waals surface area contributed by atoms with Crippen LogP contribution in [0, 0.1) is 5.92 Å². The van der Waals surface area contributed by atoms with Gasteiger partial charge in [-0.3, -0.25) is 4.79 Å². The second kappa shape index (κ2) is 9.00. The van der Waals surface area contributed by atoms with Gasteiger partial charge in [0.15, 0.2) is 0 Å². The lowest BCUT2D eigenvalue weighted by Gasteiger charge is -2.33. The number of benzene rings is 1. The van der Waals surface area contributed by atoms with Gasteiger partial charge in [-0.2, -0.15) is 0 Å². The summed E-state index contributed by atoms with van der Waals surface area (Å²) in [4.78, 5) is 14.7. The van der Waals surface area contributed by atoms with Crippen LogP contribution >= 0.6 is 0 Å². The summed E-state index contributed by atoms with van der Waals surface area (Å²) < 4.78 is 26.8. The first kappa shape index (κ1) is 19.4. The first-order chi connectivity index (χ1) is 12.6. The number of piperidine rings is 1. The molecule has 1 aromatic rings. The van der Waals surface area contributed by atoms with E-state index in [4.69, 9.17) is 0 Å². The maximum Gasteiger partial charge on any atom is 0.225 e. The van der Waals surface area contributed by atoms with Crippen LogP contribution in [0.1, 0.15) is 44.1 Å². The number of aryl methyl sites for hydroxylation is 1. The molecule has 1 aromatic carbocycles. The Morgan fingerprint density at radius 3 is 2.15 bits per heavy atom. The third kappa shape index (κ3) is 5.07. The van der Waals surface area contributed by atoms with E-state index in [-0.39, 0.29) is 17.6 Å². The minimum atomic E-state index is -3.25. The summed E-state index contributed by atoms with van der Waals surface area (Å²) in [5.74, 6) is 0.379. The van der Waals surface area contributed by atoms with Gasteiger partial charge in [-0.25, -0.2) is 12.7 Å². The Bertz CT molecular complexity index is 674. The van der Waals surface area contributed by atoms with E-state index in [0.717, 1.165) is 31.5 Å². The lowest BCUT2D eigenvalue weighted by atomic mass is 9.96. The predicted octanol–water partition coefficient (Wildman–Crippen LogP) is 2.67. The van der Waals surface area contributed by atoms with E-state index in [1.54, 1.807) is 4.31 Å². The Balaban J connectivity index is 1.49. The molecule has 0 N–H and O–H groups in total. The van der Waals surface area contributed by atoms with E-state index in [0.29, 0.717) is 32.4 Å². The average Bonchev–Trinajstić information content (AvgIpc) is 2.96. The molecule has 0 radical (unpaired) electrons. The predicted molar refractivity (Wildman–Crippen MR) is 103 cm³/mol. The van der Waals surface area contributed by atoms with Gasteiger partial charge in [0.1, 0.15) is 0 Å². The fourth-order valence-electron chi connectivity index (χ4n) is 3.95. The standard InChI is InChI=1S/C20H30N2O3S/c23-20(21-13-6-1-2-7-14-21)19-10-15-22(16-11-19)26(24,25)17-12-18-8-4-3-5-9-18/h3-5,8-9,19H,1-2,6-7,10-17H2. The summed E-state index contributed by atoms with van der Waals surface area (Å²) >= 11 is 0. The molecule has 0 atom stereocenters. The molecule has 6 heteroatoms. The van der Waals surface area contributed by atoms with Crippen LogP contribution in [0.5, 0.6) is 0 Å². The highest BCUT2D eigenvalue weighted by molar-refractivity contribution is 7.89. The molecule has 1 amide bonds. The highest BCUT2D eigenvalue weighted by Crippen LogP contribution is 2.23. The van der Waals surface area contributed by atoms with E-state index in [1.165, 1.54) is 12.8 Å². The molecular formula is C20H30N2O3S. The summed E-state index contributed by atoms with van der Waals surface area (Å²) in [6.45, 7) is 2.69. The number of hydrogen-bond donors (Lipinski definition) is 0. The number of nitrogens with zero attached hydrogens (tertiary/aromatic N) is 2. The smallest absolute Gasteiger partial charge is 0.225 e. The second-order valence-electron chi connectivity index (χ2n) is 7.46.